The third-order valence-electron chi connectivity index (χ3n) is 15.5. The molecule has 78 heavy (non-hydrogen) atoms. The highest BCUT2D eigenvalue weighted by molar-refractivity contribution is 6.21. The van der Waals surface area contributed by atoms with E-state index >= 15 is 0 Å². The number of nitrogens with zero attached hydrogens (tertiary/aromatic N) is 4. The number of rotatable bonds is 6. The van der Waals surface area contributed by atoms with Crippen LogP contribution in [0.1, 0.15) is 0 Å². The van der Waals surface area contributed by atoms with Gasteiger partial charge < -0.3 is 0 Å². The lowest BCUT2D eigenvalue weighted by Gasteiger charge is -2.12. The lowest BCUT2D eigenvalue weighted by atomic mass is 9.94. The Bertz CT molecular complexity index is 4990. The van der Waals surface area contributed by atoms with E-state index in [1.165, 1.54) is 0 Å². The number of hydrogen-bond donors (Lipinski definition) is 0. The zero-order valence-electron chi connectivity index (χ0n) is 42.0. The van der Waals surface area contributed by atoms with Gasteiger partial charge in [0.15, 0.2) is 0 Å². The lowest BCUT2D eigenvalue weighted by molar-refractivity contribution is 1.19. The molecule has 0 bridgehead atoms. The Kier molecular flexibility index (Phi) is 10.4. The summed E-state index contributed by atoms with van der Waals surface area (Å²) in [6.07, 6.45) is 0. The van der Waals surface area contributed by atoms with Crippen molar-refractivity contribution in [1.29, 1.82) is 0 Å². The van der Waals surface area contributed by atoms with E-state index in [2.05, 4.69) is 133 Å². The Morgan fingerprint density at radius 2 is 0.654 bits per heavy atom. The summed E-state index contributed by atoms with van der Waals surface area (Å²) in [5, 5.41) is 7.45. The van der Waals surface area contributed by atoms with Gasteiger partial charge in [-0.1, -0.05) is 218 Å². The molecule has 12 aromatic carbocycles. The van der Waals surface area contributed by atoms with E-state index in [0.29, 0.717) is 22.1 Å². The predicted octanol–water partition coefficient (Wildman–Crippen LogP) is 17.2. The second-order valence-corrected chi connectivity index (χ2v) is 19.9. The summed E-state index contributed by atoms with van der Waals surface area (Å²) < 4.78 is 3.64. The Balaban J connectivity index is 0.000000136. The molecule has 0 fully saturated rings. The van der Waals surface area contributed by atoms with Crippen LogP contribution in [-0.2, 0) is 0 Å². The maximum absolute atomic E-state index is 14.3. The van der Waals surface area contributed by atoms with Crippen LogP contribution < -0.4 is 11.1 Å². The summed E-state index contributed by atoms with van der Waals surface area (Å²) in [7, 11) is 0. The SMILES string of the molecule is O=c1c2cccc3c(-c4ccccc4)ccc(c32)c2nc3c(-c4ccccc4)cc(-c4ccccc4)cc3n12.O=c1c2cccc3c(-c4ccccc4)ccc(c32)c2nc3cc(-c4ccccc4)cc(-c4ccccc4)c3n12. The zero-order chi connectivity index (χ0) is 51.8. The molecular weight excluding hydrogens is 953 g/mol. The highest BCUT2D eigenvalue weighted by Gasteiger charge is 2.23. The van der Waals surface area contributed by atoms with Crippen LogP contribution >= 0.6 is 0 Å². The van der Waals surface area contributed by atoms with Crippen molar-refractivity contribution in [3.05, 3.63) is 288 Å². The minimum atomic E-state index is -0.0416. The molecule has 364 valence electrons. The third-order valence-corrected chi connectivity index (χ3v) is 15.5. The Hall–Kier alpha value is -10.6. The Morgan fingerprint density at radius 3 is 1.14 bits per heavy atom. The monoisotopic (exact) mass is 996 g/mol. The molecule has 0 spiro atoms. The molecule has 16 rings (SSSR count). The van der Waals surface area contributed by atoms with Crippen molar-refractivity contribution < 1.29 is 0 Å². The Labute approximate surface area is 447 Å². The molecular formula is C72H44N4O2. The van der Waals surface area contributed by atoms with Crippen molar-refractivity contribution in [2.75, 3.05) is 0 Å². The highest BCUT2D eigenvalue weighted by atomic mass is 16.1. The molecule has 0 saturated carbocycles. The normalized spacial score (nSPS) is 11.7. The lowest BCUT2D eigenvalue weighted by Crippen LogP contribution is -2.13. The maximum Gasteiger partial charge on any atom is 0.264 e. The van der Waals surface area contributed by atoms with Crippen molar-refractivity contribution in [3.8, 4) is 66.8 Å². The van der Waals surface area contributed by atoms with E-state index in [-0.39, 0.29) is 11.1 Å². The van der Waals surface area contributed by atoms with Crippen LogP contribution in [-0.4, -0.2) is 18.8 Å². The third kappa shape index (κ3) is 7.11. The molecule has 6 nitrogen and oxygen atoms in total. The quantitative estimate of drug-likeness (QED) is 0.166. The molecule has 0 aliphatic carbocycles. The first kappa shape index (κ1) is 44.9. The van der Waals surface area contributed by atoms with Gasteiger partial charge >= 0.3 is 0 Å². The van der Waals surface area contributed by atoms with Crippen LogP contribution in [0.15, 0.2) is 277 Å². The van der Waals surface area contributed by atoms with Gasteiger partial charge in [-0.15, -0.1) is 0 Å². The topological polar surface area (TPSA) is 68.7 Å². The fraction of sp³-hybridized carbons (Fsp3) is 0. The van der Waals surface area contributed by atoms with E-state index in [1.807, 2.05) is 142 Å². The molecule has 0 aliphatic rings. The van der Waals surface area contributed by atoms with Gasteiger partial charge in [0.25, 0.3) is 11.1 Å². The first-order chi connectivity index (χ1) is 38.6. The van der Waals surface area contributed by atoms with Gasteiger partial charge in [-0.25, -0.2) is 9.97 Å². The summed E-state index contributed by atoms with van der Waals surface area (Å²) in [6.45, 7) is 0. The number of imidazole rings is 2. The number of pyridine rings is 2. The van der Waals surface area contributed by atoms with E-state index in [1.54, 1.807) is 0 Å². The van der Waals surface area contributed by atoms with Crippen molar-refractivity contribution >= 4 is 76.5 Å². The van der Waals surface area contributed by atoms with Crippen molar-refractivity contribution in [2.24, 2.45) is 0 Å². The van der Waals surface area contributed by atoms with Gasteiger partial charge in [0, 0.05) is 43.4 Å². The van der Waals surface area contributed by atoms with Crippen molar-refractivity contribution in [1.82, 2.24) is 18.8 Å². The number of aromatic nitrogens is 4. The molecule has 0 radical (unpaired) electrons. The van der Waals surface area contributed by atoms with Gasteiger partial charge in [0.2, 0.25) is 0 Å². The van der Waals surface area contributed by atoms with Crippen LogP contribution in [0.25, 0.3) is 143 Å². The average Bonchev–Trinajstić information content (AvgIpc) is 4.27. The molecule has 4 heterocycles. The molecule has 4 aromatic heterocycles. The molecule has 16 aromatic rings. The standard InChI is InChI=1S/2C36H22N2O/c39-36-30-18-10-17-28-27(24-13-6-2-7-14-24)19-20-29(33(28)30)35-37-34-31(25-15-8-3-9-16-25)21-26(22-32(34)38(35)36)23-11-4-1-5-12-23;39-36-30-18-10-17-28-27(24-13-6-2-7-14-24)19-20-29(33(28)30)35-37-32-22-26(23-11-4-1-5-12-23)21-31(34(32)38(35)36)25-15-8-3-9-16-25/h2*1-22H. The molecule has 6 heteroatoms. The predicted molar refractivity (Wildman–Crippen MR) is 323 cm³/mol. The smallest absolute Gasteiger partial charge is 0.264 e. The fourth-order valence-corrected chi connectivity index (χ4v) is 11.9. The first-order valence-corrected chi connectivity index (χ1v) is 26.2. The van der Waals surface area contributed by atoms with Gasteiger partial charge in [0.1, 0.15) is 11.3 Å². The number of benzene rings is 12. The van der Waals surface area contributed by atoms with Crippen molar-refractivity contribution in [3.63, 3.8) is 0 Å². The van der Waals surface area contributed by atoms with E-state index < -0.39 is 0 Å². The maximum atomic E-state index is 14.3. The van der Waals surface area contributed by atoms with Crippen LogP contribution in [0.5, 0.6) is 0 Å². The number of hydrogen-bond acceptors (Lipinski definition) is 4. The fourth-order valence-electron chi connectivity index (χ4n) is 11.9. The van der Waals surface area contributed by atoms with E-state index in [4.69, 9.17) is 9.97 Å². The molecule has 0 N–H and O–H groups in total. The molecule has 0 amide bonds. The van der Waals surface area contributed by atoms with Gasteiger partial charge in [0.05, 0.1) is 22.1 Å². The van der Waals surface area contributed by atoms with Crippen LogP contribution in [0.4, 0.5) is 0 Å². The summed E-state index contributed by atoms with van der Waals surface area (Å²) in [6, 6.07) is 91.1. The number of fused-ring (bicyclic) bond motifs is 8. The van der Waals surface area contributed by atoms with Gasteiger partial charge in [-0.2, -0.15) is 0 Å². The minimum absolute atomic E-state index is 0.0412. The average molecular weight is 997 g/mol. The van der Waals surface area contributed by atoms with Crippen LogP contribution in [0.3, 0.4) is 0 Å². The minimum Gasteiger partial charge on any atom is -0.268 e. The van der Waals surface area contributed by atoms with Crippen LogP contribution in [0, 0.1) is 0 Å². The highest BCUT2D eigenvalue weighted by Crippen LogP contribution is 2.42. The summed E-state index contributed by atoms with van der Waals surface area (Å²) in [5.41, 5.74) is 17.6. The van der Waals surface area contributed by atoms with E-state index in [0.717, 1.165) is 121 Å². The summed E-state index contributed by atoms with van der Waals surface area (Å²) in [4.78, 5) is 38.8. The molecule has 0 atom stereocenters. The van der Waals surface area contributed by atoms with Gasteiger partial charge in [-0.05, 0) is 115 Å². The summed E-state index contributed by atoms with van der Waals surface area (Å²) in [5.74, 6) is 0. The summed E-state index contributed by atoms with van der Waals surface area (Å²) >= 11 is 0. The first-order valence-electron chi connectivity index (χ1n) is 26.2. The zero-order valence-corrected chi connectivity index (χ0v) is 42.0. The second-order valence-electron chi connectivity index (χ2n) is 19.9. The van der Waals surface area contributed by atoms with E-state index in [9.17, 15) is 9.59 Å². The molecule has 0 saturated heterocycles. The second kappa shape index (κ2) is 18.1. The largest absolute Gasteiger partial charge is 0.268 e. The Morgan fingerprint density at radius 1 is 0.269 bits per heavy atom. The van der Waals surface area contributed by atoms with Crippen molar-refractivity contribution in [2.45, 2.75) is 0 Å². The van der Waals surface area contributed by atoms with Gasteiger partial charge in [-0.3, -0.25) is 18.4 Å². The molecule has 0 aliphatic heterocycles. The molecule has 0 unspecified atom stereocenters. The van der Waals surface area contributed by atoms with Crippen LogP contribution in [0.2, 0.25) is 0 Å².